The highest BCUT2D eigenvalue weighted by molar-refractivity contribution is 9.10. The van der Waals surface area contributed by atoms with E-state index in [2.05, 4.69) is 21.2 Å². The van der Waals surface area contributed by atoms with E-state index in [4.69, 9.17) is 4.42 Å². The largest absolute Gasteiger partial charge is 0.480 e. The summed E-state index contributed by atoms with van der Waals surface area (Å²) in [4.78, 5) is 23.4. The normalized spacial score (nSPS) is 13.9. The van der Waals surface area contributed by atoms with Gasteiger partial charge in [-0.2, -0.15) is 0 Å². The second kappa shape index (κ2) is 6.30. The fourth-order valence-electron chi connectivity index (χ4n) is 2.02. The number of carbonyl (C=O) groups excluding carboxylic acids is 1. The second-order valence-electron chi connectivity index (χ2n) is 4.97. The first-order chi connectivity index (χ1) is 9.92. The van der Waals surface area contributed by atoms with E-state index in [0.717, 1.165) is 9.86 Å². The van der Waals surface area contributed by atoms with Crippen molar-refractivity contribution in [1.29, 1.82) is 0 Å². The molecule has 0 unspecified atom stereocenters. The molecule has 2 rings (SSSR count). The van der Waals surface area contributed by atoms with Crippen molar-refractivity contribution in [1.82, 2.24) is 5.32 Å². The molecule has 2 atom stereocenters. The van der Waals surface area contributed by atoms with Crippen molar-refractivity contribution in [3.63, 3.8) is 0 Å². The molecule has 5 nitrogen and oxygen atoms in total. The average Bonchev–Trinajstić information content (AvgIpc) is 2.86. The van der Waals surface area contributed by atoms with Crippen LogP contribution in [0.2, 0.25) is 0 Å². The average molecular weight is 354 g/mol. The first-order valence-electron chi connectivity index (χ1n) is 6.65. The first kappa shape index (κ1) is 15.6. The van der Waals surface area contributed by atoms with E-state index in [1.54, 1.807) is 19.1 Å². The maximum absolute atomic E-state index is 12.2. The van der Waals surface area contributed by atoms with Crippen LogP contribution in [0.3, 0.4) is 0 Å². The van der Waals surface area contributed by atoms with Gasteiger partial charge in [0.25, 0.3) is 5.91 Å². The smallest absolute Gasteiger partial charge is 0.326 e. The zero-order valence-corrected chi connectivity index (χ0v) is 13.3. The van der Waals surface area contributed by atoms with Crippen LogP contribution in [0.15, 0.2) is 33.2 Å². The maximum Gasteiger partial charge on any atom is 0.326 e. The Morgan fingerprint density at radius 1 is 1.38 bits per heavy atom. The van der Waals surface area contributed by atoms with Crippen molar-refractivity contribution < 1.29 is 19.1 Å². The molecule has 21 heavy (non-hydrogen) atoms. The van der Waals surface area contributed by atoms with Gasteiger partial charge in [0, 0.05) is 9.86 Å². The first-order valence-corrected chi connectivity index (χ1v) is 7.44. The quantitative estimate of drug-likeness (QED) is 0.862. The number of hydrogen-bond donors (Lipinski definition) is 2. The minimum Gasteiger partial charge on any atom is -0.480 e. The number of hydrogen-bond acceptors (Lipinski definition) is 3. The van der Waals surface area contributed by atoms with Crippen LogP contribution in [-0.4, -0.2) is 23.0 Å². The van der Waals surface area contributed by atoms with E-state index < -0.39 is 17.9 Å². The zero-order chi connectivity index (χ0) is 15.6. The highest BCUT2D eigenvalue weighted by atomic mass is 79.9. The second-order valence-corrected chi connectivity index (χ2v) is 5.88. The Hall–Kier alpha value is -1.82. The molecule has 0 aliphatic heterocycles. The number of rotatable bonds is 5. The predicted octanol–water partition coefficient (Wildman–Crippen LogP) is 3.42. The van der Waals surface area contributed by atoms with Crippen LogP contribution in [-0.2, 0) is 4.79 Å². The van der Waals surface area contributed by atoms with Crippen LogP contribution in [0.1, 0.15) is 30.8 Å². The van der Waals surface area contributed by atoms with E-state index in [1.165, 1.54) is 0 Å². The summed E-state index contributed by atoms with van der Waals surface area (Å²) in [5.41, 5.74) is 0.582. The van der Waals surface area contributed by atoms with Gasteiger partial charge in [-0.1, -0.05) is 36.2 Å². The van der Waals surface area contributed by atoms with Crippen molar-refractivity contribution >= 4 is 38.8 Å². The maximum atomic E-state index is 12.2. The molecule has 0 fully saturated rings. The van der Waals surface area contributed by atoms with Crippen molar-refractivity contribution in [3.8, 4) is 0 Å². The van der Waals surface area contributed by atoms with Gasteiger partial charge in [-0.25, -0.2) is 4.79 Å². The summed E-state index contributed by atoms with van der Waals surface area (Å²) in [7, 11) is 0. The topological polar surface area (TPSA) is 79.5 Å². The fraction of sp³-hybridized carbons (Fsp3) is 0.333. The number of carboxylic acid groups (broad SMARTS) is 1. The van der Waals surface area contributed by atoms with Gasteiger partial charge in [-0.05, 0) is 30.2 Å². The molecule has 1 aromatic carbocycles. The Balaban J connectivity index is 2.23. The molecule has 0 saturated heterocycles. The lowest BCUT2D eigenvalue weighted by molar-refractivity contribution is -0.140. The molecule has 112 valence electrons. The molecule has 1 aromatic heterocycles. The van der Waals surface area contributed by atoms with Gasteiger partial charge in [0.15, 0.2) is 5.76 Å². The van der Waals surface area contributed by atoms with Gasteiger partial charge in [0.05, 0.1) is 0 Å². The Morgan fingerprint density at radius 2 is 2.10 bits per heavy atom. The lowest BCUT2D eigenvalue weighted by Gasteiger charge is -2.19. The zero-order valence-electron chi connectivity index (χ0n) is 11.7. The number of furan rings is 1. The number of nitrogens with one attached hydrogen (secondary N) is 1. The molecule has 0 bridgehead atoms. The molecule has 0 aliphatic carbocycles. The van der Waals surface area contributed by atoms with Gasteiger partial charge < -0.3 is 14.8 Å². The van der Waals surface area contributed by atoms with Crippen molar-refractivity contribution in [2.45, 2.75) is 26.3 Å². The standard InChI is InChI=1S/C15H16BrNO4/c1-3-8(2)13(15(19)20)17-14(18)12-7-9-6-10(16)4-5-11(9)21-12/h4-8,13H,3H2,1-2H3,(H,17,18)(H,19,20)/t8-,13-/m0/s1. The van der Waals surface area contributed by atoms with Crippen LogP contribution < -0.4 is 5.32 Å². The van der Waals surface area contributed by atoms with Gasteiger partial charge >= 0.3 is 5.97 Å². The summed E-state index contributed by atoms with van der Waals surface area (Å²) < 4.78 is 6.33. The van der Waals surface area contributed by atoms with Crippen LogP contribution >= 0.6 is 15.9 Å². The van der Waals surface area contributed by atoms with E-state index in [-0.39, 0.29) is 11.7 Å². The molecule has 6 heteroatoms. The number of carbonyl (C=O) groups is 2. The summed E-state index contributed by atoms with van der Waals surface area (Å²) in [6.45, 7) is 3.67. The van der Waals surface area contributed by atoms with Crippen molar-refractivity contribution in [2.24, 2.45) is 5.92 Å². The Bertz CT molecular complexity index is 679. The van der Waals surface area contributed by atoms with Gasteiger partial charge in [0.1, 0.15) is 11.6 Å². The third kappa shape index (κ3) is 3.44. The highest BCUT2D eigenvalue weighted by Gasteiger charge is 2.26. The Kier molecular flexibility index (Phi) is 4.67. The highest BCUT2D eigenvalue weighted by Crippen LogP contribution is 2.23. The monoisotopic (exact) mass is 353 g/mol. The minimum atomic E-state index is -1.04. The lowest BCUT2D eigenvalue weighted by Crippen LogP contribution is -2.44. The van der Waals surface area contributed by atoms with Crippen molar-refractivity contribution in [3.05, 3.63) is 34.5 Å². The number of halogens is 1. The molecule has 0 aliphatic rings. The summed E-state index contributed by atoms with van der Waals surface area (Å²) in [6, 6.07) is 6.07. The molecule has 1 amide bonds. The molecule has 0 saturated carbocycles. The van der Waals surface area contributed by atoms with Crippen LogP contribution in [0, 0.1) is 5.92 Å². The summed E-state index contributed by atoms with van der Waals surface area (Å²) in [5, 5.41) is 12.5. The number of aliphatic carboxylic acids is 1. The third-order valence-corrected chi connectivity index (χ3v) is 3.96. The summed E-state index contributed by atoms with van der Waals surface area (Å²) in [6.07, 6.45) is 0.657. The molecule has 0 radical (unpaired) electrons. The predicted molar refractivity (Wildman–Crippen MR) is 82.3 cm³/mol. The third-order valence-electron chi connectivity index (χ3n) is 3.47. The molecular formula is C15H16BrNO4. The minimum absolute atomic E-state index is 0.109. The van der Waals surface area contributed by atoms with E-state index in [1.807, 2.05) is 19.1 Å². The Labute approximate surface area is 130 Å². The van der Waals surface area contributed by atoms with E-state index in [0.29, 0.717) is 12.0 Å². The SMILES string of the molecule is CC[C@H](C)[C@H](NC(=O)c1cc2cc(Br)ccc2o1)C(=O)O. The van der Waals surface area contributed by atoms with Gasteiger partial charge in [-0.15, -0.1) is 0 Å². The van der Waals surface area contributed by atoms with Crippen LogP contribution in [0.25, 0.3) is 11.0 Å². The van der Waals surface area contributed by atoms with Crippen LogP contribution in [0.5, 0.6) is 0 Å². The summed E-state index contributed by atoms with van der Waals surface area (Å²) >= 11 is 3.35. The van der Waals surface area contributed by atoms with Gasteiger partial charge in [0.2, 0.25) is 0 Å². The lowest BCUT2D eigenvalue weighted by atomic mass is 9.99. The molecule has 1 heterocycles. The fourth-order valence-corrected chi connectivity index (χ4v) is 2.40. The number of benzene rings is 1. The molecule has 2 aromatic rings. The van der Waals surface area contributed by atoms with Crippen LogP contribution in [0.4, 0.5) is 0 Å². The summed E-state index contributed by atoms with van der Waals surface area (Å²) in [5.74, 6) is -1.62. The van der Waals surface area contributed by atoms with E-state index in [9.17, 15) is 14.7 Å². The molecular weight excluding hydrogens is 338 g/mol. The number of amides is 1. The molecule has 2 N–H and O–H groups in total. The number of fused-ring (bicyclic) bond motifs is 1. The Morgan fingerprint density at radius 3 is 2.71 bits per heavy atom. The van der Waals surface area contributed by atoms with Gasteiger partial charge in [-0.3, -0.25) is 4.79 Å². The molecule has 0 spiro atoms. The van der Waals surface area contributed by atoms with Crippen molar-refractivity contribution in [2.75, 3.05) is 0 Å². The van der Waals surface area contributed by atoms with E-state index >= 15 is 0 Å². The number of carboxylic acids is 1.